The highest BCUT2D eigenvalue weighted by atomic mass is 79.9. The van der Waals surface area contributed by atoms with Gasteiger partial charge in [-0.3, -0.25) is 0 Å². The molecule has 0 spiro atoms. The molecule has 0 aromatic carbocycles. The molecule has 0 radical (unpaired) electrons. The highest BCUT2D eigenvalue weighted by molar-refractivity contribution is 9.10. The molecular weight excluding hydrogens is 438 g/mol. The van der Waals surface area contributed by atoms with Crippen molar-refractivity contribution in [3.05, 3.63) is 55.1 Å². The van der Waals surface area contributed by atoms with Gasteiger partial charge in [0.1, 0.15) is 5.15 Å². The molecule has 1 aliphatic carbocycles. The number of fused-ring (bicyclic) bond motifs is 1. The Labute approximate surface area is 168 Å². The van der Waals surface area contributed by atoms with Crippen LogP contribution < -0.4 is 11.1 Å². The Hall–Kier alpha value is -0.920. The van der Waals surface area contributed by atoms with Gasteiger partial charge >= 0.3 is 0 Å². The third kappa shape index (κ3) is 3.51. The van der Waals surface area contributed by atoms with Gasteiger partial charge in [-0.15, -0.1) is 22.7 Å². The van der Waals surface area contributed by atoms with E-state index in [9.17, 15) is 0 Å². The van der Waals surface area contributed by atoms with Crippen LogP contribution in [0.25, 0.3) is 10.2 Å². The average molecular weight is 455 g/mol. The number of halogens is 2. The first-order chi connectivity index (χ1) is 12.1. The molecule has 130 valence electrons. The Balaban J connectivity index is 1.73. The quantitative estimate of drug-likeness (QED) is 0.367. The van der Waals surface area contributed by atoms with Crippen molar-refractivity contribution in [1.82, 2.24) is 4.98 Å². The van der Waals surface area contributed by atoms with Crippen LogP contribution in [0.15, 0.2) is 40.2 Å². The summed E-state index contributed by atoms with van der Waals surface area (Å²) < 4.78 is 2.16. The van der Waals surface area contributed by atoms with Gasteiger partial charge in [-0.25, -0.2) is 4.98 Å². The number of hydrogen-bond donors (Lipinski definition) is 2. The predicted molar refractivity (Wildman–Crippen MR) is 113 cm³/mol. The van der Waals surface area contributed by atoms with Crippen molar-refractivity contribution in [3.8, 4) is 0 Å². The lowest BCUT2D eigenvalue weighted by Gasteiger charge is -2.24. The number of nitrogens with zero attached hydrogens (tertiary/aromatic N) is 1. The molecule has 0 fully saturated rings. The van der Waals surface area contributed by atoms with Crippen molar-refractivity contribution in [3.63, 3.8) is 0 Å². The molecule has 0 unspecified atom stereocenters. The standard InChI is InChI=1S/C18H17BrClN3S2/c19-15-16-18(25-17(15)11-5-1-2-6-12(11)21)13(8-14(20)23-16)22-9-10-4-3-7-24-10/h1-4,7-8,11-12H,5-6,9,21H2,(H,22,23)/t11-,12-/m0/s1. The van der Waals surface area contributed by atoms with Gasteiger partial charge < -0.3 is 11.1 Å². The molecule has 3 nitrogen and oxygen atoms in total. The molecule has 3 heterocycles. The third-order valence-corrected chi connectivity index (χ3v) is 7.91. The molecule has 0 amide bonds. The lowest BCUT2D eigenvalue weighted by Crippen LogP contribution is -2.29. The summed E-state index contributed by atoms with van der Waals surface area (Å²) in [6.45, 7) is 0.781. The fourth-order valence-electron chi connectivity index (χ4n) is 3.13. The second-order valence-electron chi connectivity index (χ2n) is 6.10. The van der Waals surface area contributed by atoms with Gasteiger partial charge in [0, 0.05) is 34.3 Å². The van der Waals surface area contributed by atoms with E-state index >= 15 is 0 Å². The maximum absolute atomic E-state index is 6.37. The molecule has 0 aliphatic heterocycles. The molecule has 25 heavy (non-hydrogen) atoms. The van der Waals surface area contributed by atoms with Gasteiger partial charge in [-0.2, -0.15) is 0 Å². The first-order valence-electron chi connectivity index (χ1n) is 8.08. The zero-order chi connectivity index (χ0) is 17.4. The van der Waals surface area contributed by atoms with Crippen LogP contribution in [0.5, 0.6) is 0 Å². The number of anilines is 1. The number of thiophene rings is 2. The number of nitrogens with one attached hydrogen (secondary N) is 1. The number of nitrogens with two attached hydrogens (primary N) is 1. The summed E-state index contributed by atoms with van der Waals surface area (Å²) in [5.41, 5.74) is 8.31. The molecular formula is C18H17BrClN3S2. The summed E-state index contributed by atoms with van der Waals surface area (Å²) in [7, 11) is 0. The Morgan fingerprint density at radius 1 is 1.36 bits per heavy atom. The van der Waals surface area contributed by atoms with Gasteiger partial charge in [0.05, 0.1) is 20.4 Å². The van der Waals surface area contributed by atoms with Crippen molar-refractivity contribution in [2.45, 2.75) is 31.3 Å². The topological polar surface area (TPSA) is 50.9 Å². The summed E-state index contributed by atoms with van der Waals surface area (Å²) in [5, 5.41) is 6.10. The van der Waals surface area contributed by atoms with Crippen LogP contribution in [0.2, 0.25) is 5.15 Å². The van der Waals surface area contributed by atoms with Gasteiger partial charge in [0.15, 0.2) is 0 Å². The van der Waals surface area contributed by atoms with Crippen molar-refractivity contribution >= 4 is 66.1 Å². The van der Waals surface area contributed by atoms with Crippen LogP contribution in [0.4, 0.5) is 5.69 Å². The molecule has 0 saturated heterocycles. The molecule has 2 atom stereocenters. The van der Waals surface area contributed by atoms with E-state index < -0.39 is 0 Å². The Morgan fingerprint density at radius 3 is 2.96 bits per heavy atom. The summed E-state index contributed by atoms with van der Waals surface area (Å²) in [6, 6.07) is 6.24. The number of rotatable bonds is 4. The first-order valence-corrected chi connectivity index (χ1v) is 11.0. The van der Waals surface area contributed by atoms with Crippen molar-refractivity contribution < 1.29 is 0 Å². The molecule has 1 aliphatic rings. The van der Waals surface area contributed by atoms with Crippen molar-refractivity contribution in [2.24, 2.45) is 5.73 Å². The number of hydrogen-bond acceptors (Lipinski definition) is 5. The highest BCUT2D eigenvalue weighted by Crippen LogP contribution is 2.45. The van der Waals surface area contributed by atoms with Crippen LogP contribution in [-0.4, -0.2) is 11.0 Å². The van der Waals surface area contributed by atoms with Crippen LogP contribution in [0, 0.1) is 0 Å². The third-order valence-electron chi connectivity index (χ3n) is 4.43. The van der Waals surface area contributed by atoms with Crippen LogP contribution in [-0.2, 0) is 6.54 Å². The maximum Gasteiger partial charge on any atom is 0.131 e. The molecule has 4 rings (SSSR count). The molecule has 3 N–H and O–H groups in total. The first kappa shape index (κ1) is 17.5. The maximum atomic E-state index is 6.37. The lowest BCUT2D eigenvalue weighted by atomic mass is 9.88. The molecule has 3 aromatic heterocycles. The van der Waals surface area contributed by atoms with Gasteiger partial charge in [0.2, 0.25) is 0 Å². The normalized spacial score (nSPS) is 20.3. The zero-order valence-corrected chi connectivity index (χ0v) is 17.3. The monoisotopic (exact) mass is 453 g/mol. The van der Waals surface area contributed by atoms with Gasteiger partial charge in [-0.05, 0) is 40.2 Å². The second-order valence-corrected chi connectivity index (χ2v) is 9.36. The predicted octanol–water partition coefficient (Wildman–Crippen LogP) is 6.15. The number of pyridine rings is 1. The van der Waals surface area contributed by atoms with Gasteiger partial charge in [-0.1, -0.05) is 29.8 Å². The Morgan fingerprint density at radius 2 is 2.20 bits per heavy atom. The van der Waals surface area contributed by atoms with Gasteiger partial charge in [0.25, 0.3) is 0 Å². The van der Waals surface area contributed by atoms with Crippen LogP contribution in [0.1, 0.15) is 28.5 Å². The van der Waals surface area contributed by atoms with Crippen LogP contribution in [0.3, 0.4) is 0 Å². The minimum Gasteiger partial charge on any atom is -0.379 e. The molecule has 0 saturated carbocycles. The summed E-state index contributed by atoms with van der Waals surface area (Å²) in [4.78, 5) is 7.11. The van der Waals surface area contributed by atoms with E-state index in [-0.39, 0.29) is 6.04 Å². The second kappa shape index (κ2) is 7.37. The minimum absolute atomic E-state index is 0.146. The molecule has 0 bridgehead atoms. The summed E-state index contributed by atoms with van der Waals surface area (Å²) in [6.07, 6.45) is 6.29. The van der Waals surface area contributed by atoms with E-state index in [0.717, 1.165) is 39.8 Å². The zero-order valence-electron chi connectivity index (χ0n) is 13.3. The van der Waals surface area contributed by atoms with E-state index in [1.807, 2.05) is 6.07 Å². The smallest absolute Gasteiger partial charge is 0.131 e. The van der Waals surface area contributed by atoms with Crippen LogP contribution >= 0.6 is 50.2 Å². The number of allylic oxidation sites excluding steroid dienone is 1. The average Bonchev–Trinajstić information content (AvgIpc) is 3.22. The lowest BCUT2D eigenvalue weighted by molar-refractivity contribution is 0.527. The number of aromatic nitrogens is 1. The van der Waals surface area contributed by atoms with E-state index in [2.05, 4.69) is 55.9 Å². The fraction of sp³-hybridized carbons (Fsp3) is 0.278. The SMILES string of the molecule is N[C@H]1CC=CC[C@@H]1c1sc2c(NCc3cccs3)cc(Cl)nc2c1Br. The fourth-order valence-corrected chi connectivity index (χ4v) is 6.23. The van der Waals surface area contributed by atoms with E-state index in [0.29, 0.717) is 11.1 Å². The van der Waals surface area contributed by atoms with Crippen molar-refractivity contribution in [2.75, 3.05) is 5.32 Å². The Bertz CT molecular complexity index is 920. The molecule has 3 aromatic rings. The minimum atomic E-state index is 0.146. The van der Waals surface area contributed by atoms with Crippen molar-refractivity contribution in [1.29, 1.82) is 0 Å². The highest BCUT2D eigenvalue weighted by Gasteiger charge is 2.27. The molecule has 7 heteroatoms. The van der Waals surface area contributed by atoms with E-state index in [1.54, 1.807) is 22.7 Å². The largest absolute Gasteiger partial charge is 0.379 e. The summed E-state index contributed by atoms with van der Waals surface area (Å²) >= 11 is 13.5. The summed E-state index contributed by atoms with van der Waals surface area (Å²) in [5.74, 6) is 0.322. The Kier molecular flexibility index (Phi) is 5.15. The van der Waals surface area contributed by atoms with E-state index in [1.165, 1.54) is 9.75 Å². The van der Waals surface area contributed by atoms with E-state index in [4.69, 9.17) is 17.3 Å².